The van der Waals surface area contributed by atoms with Crippen molar-refractivity contribution in [1.29, 1.82) is 0 Å². The molecule has 208 valence electrons. The van der Waals surface area contributed by atoms with E-state index in [1.54, 1.807) is 24.3 Å². The van der Waals surface area contributed by atoms with Crippen LogP contribution >= 0.6 is 27.2 Å². The molecule has 2 heterocycles. The highest BCUT2D eigenvalue weighted by molar-refractivity contribution is 7.45. The third kappa shape index (κ3) is 15.3. The number of aliphatic hydroxyl groups is 1. The SMILES string of the molecule is O=P(O)(O)O.O=P(O)(O)O.O=[N+]([O-])c1ccc(/C=C/C=C/c2cc(NCCCO)c3ccc(Cl)cc3n2)o1. The summed E-state index contributed by atoms with van der Waals surface area (Å²) < 4.78 is 22.8. The summed E-state index contributed by atoms with van der Waals surface area (Å²) in [7, 11) is -9.28. The number of nitrogens with zero attached hydrogens (tertiary/aromatic N) is 2. The number of fused-ring (bicyclic) bond motifs is 1. The average Bonchev–Trinajstić information content (AvgIpc) is 3.24. The Balaban J connectivity index is 0.000000616. The van der Waals surface area contributed by atoms with E-state index in [0.29, 0.717) is 23.7 Å². The summed E-state index contributed by atoms with van der Waals surface area (Å²) in [4.78, 5) is 57.8. The fourth-order valence-electron chi connectivity index (χ4n) is 2.59. The highest BCUT2D eigenvalue weighted by Crippen LogP contribution is 2.27. The zero-order valence-corrected chi connectivity index (χ0v) is 21.8. The van der Waals surface area contributed by atoms with Gasteiger partial charge in [0.2, 0.25) is 0 Å². The number of hydrogen-bond donors (Lipinski definition) is 8. The number of hydrogen-bond acceptors (Lipinski definition) is 8. The minimum Gasteiger partial charge on any atom is -0.401 e. The van der Waals surface area contributed by atoms with Gasteiger partial charge >= 0.3 is 21.5 Å². The first kappa shape index (κ1) is 33.1. The maximum atomic E-state index is 10.6. The standard InChI is InChI=1S/C20H18ClN3O4.2H3O4P/c21-14-6-8-17-18(22-10-3-11-25)13-15(23-19(17)12-14)4-1-2-5-16-7-9-20(28-16)24(26)27;2*1-5(2,3)4/h1-2,4-9,12-13,25H,3,10-11H2,(H,22,23);2*(H3,1,2,3,4)/b4-1+,5-2+;;. The Morgan fingerprint density at radius 1 is 1.00 bits per heavy atom. The molecule has 0 radical (unpaired) electrons. The number of nitrogens with one attached hydrogen (secondary N) is 1. The van der Waals surface area contributed by atoms with Gasteiger partial charge in [-0.15, -0.1) is 0 Å². The van der Waals surface area contributed by atoms with E-state index < -0.39 is 20.6 Å². The monoisotopic (exact) mass is 595 g/mol. The predicted molar refractivity (Wildman–Crippen MR) is 139 cm³/mol. The number of nitro groups is 1. The maximum absolute atomic E-state index is 10.6. The van der Waals surface area contributed by atoms with Crippen LogP contribution in [-0.4, -0.2) is 57.5 Å². The third-order valence-electron chi connectivity index (χ3n) is 3.87. The number of aliphatic hydroxyl groups excluding tert-OH is 1. The first-order valence-electron chi connectivity index (χ1n) is 10.2. The summed E-state index contributed by atoms with van der Waals surface area (Å²) in [5.41, 5.74) is 2.38. The van der Waals surface area contributed by atoms with Gasteiger partial charge < -0.3 is 44.2 Å². The zero-order valence-electron chi connectivity index (χ0n) is 19.2. The molecule has 0 saturated heterocycles. The maximum Gasteiger partial charge on any atom is 0.466 e. The lowest BCUT2D eigenvalue weighted by Gasteiger charge is -2.10. The van der Waals surface area contributed by atoms with Gasteiger partial charge in [-0.1, -0.05) is 23.8 Å². The van der Waals surface area contributed by atoms with Crippen molar-refractivity contribution < 1.29 is 52.9 Å². The smallest absolute Gasteiger partial charge is 0.401 e. The van der Waals surface area contributed by atoms with E-state index >= 15 is 0 Å². The molecule has 0 amide bonds. The number of aromatic nitrogens is 1. The molecule has 0 aliphatic carbocycles. The first-order valence-corrected chi connectivity index (χ1v) is 13.7. The summed E-state index contributed by atoms with van der Waals surface area (Å²) >= 11 is 6.09. The summed E-state index contributed by atoms with van der Waals surface area (Å²) in [5, 5.41) is 24.5. The van der Waals surface area contributed by atoms with Gasteiger partial charge in [-0.05, 0) is 48.9 Å². The Kier molecular flexibility index (Phi) is 13.5. The zero-order chi connectivity index (χ0) is 28.9. The summed E-state index contributed by atoms with van der Waals surface area (Å²) in [6.07, 6.45) is 7.56. The molecule has 8 N–H and O–H groups in total. The van der Waals surface area contributed by atoms with Crippen LogP contribution in [-0.2, 0) is 9.13 Å². The molecule has 3 rings (SSSR count). The largest absolute Gasteiger partial charge is 0.466 e. The molecule has 2 aromatic heterocycles. The van der Waals surface area contributed by atoms with Crippen LogP contribution in [0.3, 0.4) is 0 Å². The molecule has 0 spiro atoms. The van der Waals surface area contributed by atoms with Crippen LogP contribution in [0.1, 0.15) is 17.9 Å². The fourth-order valence-corrected chi connectivity index (χ4v) is 2.76. The van der Waals surface area contributed by atoms with Gasteiger partial charge in [-0.2, -0.15) is 0 Å². The van der Waals surface area contributed by atoms with Crippen molar-refractivity contribution in [2.75, 3.05) is 18.5 Å². The normalized spacial score (nSPS) is 11.7. The minimum absolute atomic E-state index is 0.115. The van der Waals surface area contributed by atoms with Crippen molar-refractivity contribution in [2.24, 2.45) is 0 Å². The van der Waals surface area contributed by atoms with E-state index in [9.17, 15) is 10.1 Å². The summed E-state index contributed by atoms with van der Waals surface area (Å²) in [6.45, 7) is 0.753. The second-order valence-corrected chi connectivity index (χ2v) is 9.43. The second-order valence-electron chi connectivity index (χ2n) is 6.94. The van der Waals surface area contributed by atoms with Gasteiger partial charge in [0, 0.05) is 29.2 Å². The van der Waals surface area contributed by atoms with Crippen molar-refractivity contribution in [2.45, 2.75) is 6.42 Å². The highest BCUT2D eigenvalue weighted by Gasteiger charge is 2.09. The lowest BCUT2D eigenvalue weighted by molar-refractivity contribution is -0.402. The molecule has 0 bridgehead atoms. The Hall–Kier alpha value is -2.94. The average molecular weight is 596 g/mol. The number of phosphoric acid groups is 2. The molecule has 0 atom stereocenters. The van der Waals surface area contributed by atoms with Gasteiger partial charge in [-0.25, -0.2) is 14.1 Å². The van der Waals surface area contributed by atoms with Gasteiger partial charge in [-0.3, -0.25) is 10.1 Å². The van der Waals surface area contributed by atoms with Gasteiger partial charge in [0.25, 0.3) is 0 Å². The van der Waals surface area contributed by atoms with Crippen molar-refractivity contribution in [1.82, 2.24) is 4.98 Å². The van der Waals surface area contributed by atoms with E-state index in [1.807, 2.05) is 24.3 Å². The topological polar surface area (TPSA) is 257 Å². The summed E-state index contributed by atoms with van der Waals surface area (Å²) in [6, 6.07) is 10.3. The third-order valence-corrected chi connectivity index (χ3v) is 4.11. The van der Waals surface area contributed by atoms with Crippen LogP contribution in [0.5, 0.6) is 0 Å². The van der Waals surface area contributed by atoms with Crippen LogP contribution in [0.15, 0.2) is 53.0 Å². The van der Waals surface area contributed by atoms with E-state index in [2.05, 4.69) is 10.3 Å². The van der Waals surface area contributed by atoms with E-state index in [0.717, 1.165) is 22.3 Å². The van der Waals surface area contributed by atoms with Crippen LogP contribution in [0.4, 0.5) is 11.6 Å². The molecule has 15 nitrogen and oxygen atoms in total. The predicted octanol–water partition coefficient (Wildman–Crippen LogP) is 3.05. The lowest BCUT2D eigenvalue weighted by Crippen LogP contribution is -2.04. The van der Waals surface area contributed by atoms with Crippen LogP contribution in [0.25, 0.3) is 23.1 Å². The summed E-state index contributed by atoms with van der Waals surface area (Å²) in [5.74, 6) is 0.0938. The molecule has 1 aromatic carbocycles. The van der Waals surface area contributed by atoms with Crippen LogP contribution in [0.2, 0.25) is 5.02 Å². The van der Waals surface area contributed by atoms with Crippen molar-refractivity contribution in [3.8, 4) is 0 Å². The minimum atomic E-state index is -4.64. The molecule has 0 aliphatic rings. The Morgan fingerprint density at radius 3 is 2.16 bits per heavy atom. The molecule has 0 aliphatic heterocycles. The van der Waals surface area contributed by atoms with Crippen LogP contribution < -0.4 is 5.32 Å². The highest BCUT2D eigenvalue weighted by atomic mass is 35.5. The molecular weight excluding hydrogens is 572 g/mol. The fraction of sp³-hybridized carbons (Fsp3) is 0.150. The Labute approximate surface area is 220 Å². The Bertz CT molecular complexity index is 1330. The van der Waals surface area contributed by atoms with Crippen molar-refractivity contribution in [3.05, 3.63) is 75.1 Å². The molecule has 38 heavy (non-hydrogen) atoms. The molecule has 0 unspecified atom stereocenters. The van der Waals surface area contributed by atoms with E-state index in [1.165, 1.54) is 12.1 Å². The van der Waals surface area contributed by atoms with Crippen molar-refractivity contribution >= 4 is 61.9 Å². The van der Waals surface area contributed by atoms with E-state index in [-0.39, 0.29) is 12.5 Å². The molecule has 0 fully saturated rings. The number of allylic oxidation sites excluding steroid dienone is 2. The molecular formula is C20H24ClN3O12P2. The van der Waals surface area contributed by atoms with E-state index in [4.69, 9.17) is 59.6 Å². The van der Waals surface area contributed by atoms with Gasteiger partial charge in [0.05, 0.1) is 17.3 Å². The number of benzene rings is 1. The quantitative estimate of drug-likeness (QED) is 0.0612. The van der Waals surface area contributed by atoms with Gasteiger partial charge in [0.15, 0.2) is 0 Å². The molecule has 18 heteroatoms. The lowest BCUT2D eigenvalue weighted by atomic mass is 10.1. The molecule has 3 aromatic rings. The number of anilines is 1. The molecule has 0 saturated carbocycles. The first-order chi connectivity index (χ1) is 17.6. The number of pyridine rings is 1. The second kappa shape index (κ2) is 15.5. The number of halogens is 1. The number of furan rings is 1. The van der Waals surface area contributed by atoms with Crippen LogP contribution in [0, 0.1) is 10.1 Å². The van der Waals surface area contributed by atoms with Gasteiger partial charge in [0.1, 0.15) is 10.7 Å². The Morgan fingerprint density at radius 2 is 1.61 bits per heavy atom. The van der Waals surface area contributed by atoms with Crippen molar-refractivity contribution in [3.63, 3.8) is 0 Å². The number of rotatable bonds is 8.